The molecule has 0 spiro atoms. The lowest BCUT2D eigenvalue weighted by Gasteiger charge is -2.31. The SMILES string of the molecule is N#Cc1cccc(S(=O)(=O)N2CCCc3ccc(CC(=O)c4c(F)cccc4Cl)cc32)c1. The summed E-state index contributed by atoms with van der Waals surface area (Å²) in [5.41, 5.74) is 1.97. The van der Waals surface area contributed by atoms with E-state index in [1.165, 1.54) is 40.7 Å². The Morgan fingerprint density at radius 3 is 2.66 bits per heavy atom. The number of anilines is 1. The number of carbonyl (C=O) groups excluding carboxylic acids is 1. The quantitative estimate of drug-likeness (QED) is 0.498. The van der Waals surface area contributed by atoms with Crippen LogP contribution >= 0.6 is 11.6 Å². The molecule has 1 aliphatic heterocycles. The first-order valence-corrected chi connectivity index (χ1v) is 11.7. The summed E-state index contributed by atoms with van der Waals surface area (Å²) in [7, 11) is -3.90. The number of nitrogens with zero attached hydrogens (tertiary/aromatic N) is 2. The van der Waals surface area contributed by atoms with Gasteiger partial charge in [-0.25, -0.2) is 12.8 Å². The molecular formula is C24H18ClFN2O3S. The molecule has 0 aromatic heterocycles. The molecule has 0 atom stereocenters. The molecule has 0 unspecified atom stereocenters. The van der Waals surface area contributed by atoms with Gasteiger partial charge in [0.2, 0.25) is 0 Å². The van der Waals surface area contributed by atoms with Crippen LogP contribution in [0.2, 0.25) is 5.02 Å². The predicted molar refractivity (Wildman–Crippen MR) is 120 cm³/mol. The molecule has 0 amide bonds. The van der Waals surface area contributed by atoms with Gasteiger partial charge in [0.05, 0.1) is 32.8 Å². The van der Waals surface area contributed by atoms with Crippen LogP contribution in [-0.2, 0) is 22.9 Å². The van der Waals surface area contributed by atoms with Crippen LogP contribution in [0, 0.1) is 17.1 Å². The van der Waals surface area contributed by atoms with Crippen LogP contribution in [0.25, 0.3) is 0 Å². The van der Waals surface area contributed by atoms with Crippen molar-refractivity contribution in [2.75, 3.05) is 10.8 Å². The van der Waals surface area contributed by atoms with Gasteiger partial charge in [0.1, 0.15) is 5.82 Å². The Bertz CT molecular complexity index is 1350. The molecule has 162 valence electrons. The number of fused-ring (bicyclic) bond motifs is 1. The maximum Gasteiger partial charge on any atom is 0.264 e. The van der Waals surface area contributed by atoms with Crippen LogP contribution in [0.1, 0.15) is 33.5 Å². The largest absolute Gasteiger partial charge is 0.294 e. The Balaban J connectivity index is 1.70. The third kappa shape index (κ3) is 4.12. The van der Waals surface area contributed by atoms with Crippen molar-refractivity contribution in [1.82, 2.24) is 0 Å². The van der Waals surface area contributed by atoms with Gasteiger partial charge in [0, 0.05) is 13.0 Å². The van der Waals surface area contributed by atoms with Crippen molar-refractivity contribution < 1.29 is 17.6 Å². The zero-order chi connectivity index (χ0) is 22.9. The van der Waals surface area contributed by atoms with Crippen molar-refractivity contribution in [3.8, 4) is 6.07 Å². The highest BCUT2D eigenvalue weighted by atomic mass is 35.5. The Morgan fingerprint density at radius 1 is 1.12 bits per heavy atom. The molecule has 0 saturated heterocycles. The lowest BCUT2D eigenvalue weighted by molar-refractivity contribution is 0.0989. The van der Waals surface area contributed by atoms with E-state index in [1.54, 1.807) is 24.3 Å². The second-order valence-corrected chi connectivity index (χ2v) is 9.75. The fourth-order valence-corrected chi connectivity index (χ4v) is 5.69. The van der Waals surface area contributed by atoms with Crippen molar-refractivity contribution in [1.29, 1.82) is 5.26 Å². The number of benzene rings is 3. The molecule has 0 saturated carbocycles. The minimum atomic E-state index is -3.90. The number of Topliss-reactive ketones (excluding diaryl/α,β-unsaturated/α-hetero) is 1. The normalized spacial score (nSPS) is 13.3. The summed E-state index contributed by atoms with van der Waals surface area (Å²) in [6, 6.07) is 17.1. The van der Waals surface area contributed by atoms with Gasteiger partial charge in [-0.2, -0.15) is 5.26 Å². The van der Waals surface area contributed by atoms with Crippen LogP contribution in [0.5, 0.6) is 0 Å². The molecule has 3 aromatic carbocycles. The molecule has 3 aromatic rings. The van der Waals surface area contributed by atoms with Gasteiger partial charge in [-0.05, 0) is 60.4 Å². The molecule has 0 aliphatic carbocycles. The standard InChI is InChI=1S/C24H18ClFN2O3S/c25-20-7-2-8-21(26)24(20)23(29)14-16-9-10-18-5-3-11-28(22(18)13-16)32(30,31)19-6-1-4-17(12-19)15-27/h1-2,4,6-10,12-13H,3,5,11,14H2. The molecule has 8 heteroatoms. The topological polar surface area (TPSA) is 78.2 Å². The minimum Gasteiger partial charge on any atom is -0.294 e. The molecular weight excluding hydrogens is 451 g/mol. The number of sulfonamides is 1. The highest BCUT2D eigenvalue weighted by Crippen LogP contribution is 2.33. The smallest absolute Gasteiger partial charge is 0.264 e. The van der Waals surface area contributed by atoms with Crippen LogP contribution in [0.4, 0.5) is 10.1 Å². The molecule has 0 fully saturated rings. The molecule has 32 heavy (non-hydrogen) atoms. The van der Waals surface area contributed by atoms with E-state index in [9.17, 15) is 17.6 Å². The number of nitriles is 1. The van der Waals surface area contributed by atoms with Crippen molar-refractivity contribution >= 4 is 33.1 Å². The van der Waals surface area contributed by atoms with Crippen molar-refractivity contribution in [3.05, 3.63) is 93.8 Å². The number of ketones is 1. The predicted octanol–water partition coefficient (Wildman–Crippen LogP) is 4.92. The van der Waals surface area contributed by atoms with E-state index < -0.39 is 21.6 Å². The minimum absolute atomic E-state index is 0.0315. The summed E-state index contributed by atoms with van der Waals surface area (Å²) in [5, 5.41) is 9.16. The molecule has 0 radical (unpaired) electrons. The number of halogens is 2. The third-order valence-corrected chi connectivity index (χ3v) is 7.51. The maximum atomic E-state index is 14.1. The van der Waals surface area contributed by atoms with Crippen molar-refractivity contribution in [2.45, 2.75) is 24.2 Å². The molecule has 0 N–H and O–H groups in total. The van der Waals surface area contributed by atoms with Crippen molar-refractivity contribution in [2.24, 2.45) is 0 Å². The van der Waals surface area contributed by atoms with Gasteiger partial charge in [-0.15, -0.1) is 0 Å². The lowest BCUT2D eigenvalue weighted by atomic mass is 9.97. The average Bonchev–Trinajstić information content (AvgIpc) is 2.78. The Kier molecular flexibility index (Phi) is 6.00. The fourth-order valence-electron chi connectivity index (χ4n) is 3.84. The van der Waals surface area contributed by atoms with Crippen molar-refractivity contribution in [3.63, 3.8) is 0 Å². The first-order chi connectivity index (χ1) is 15.3. The summed E-state index contributed by atoms with van der Waals surface area (Å²) >= 11 is 6.01. The number of hydrogen-bond donors (Lipinski definition) is 0. The molecule has 5 nitrogen and oxygen atoms in total. The van der Waals surface area contributed by atoms with E-state index in [0.717, 1.165) is 5.56 Å². The number of aryl methyl sites for hydroxylation is 1. The van der Waals surface area contributed by atoms with Gasteiger partial charge in [0.15, 0.2) is 5.78 Å². The van der Waals surface area contributed by atoms with Gasteiger partial charge < -0.3 is 0 Å². The average molecular weight is 469 g/mol. The van der Waals surface area contributed by atoms with E-state index in [4.69, 9.17) is 16.9 Å². The summed E-state index contributed by atoms with van der Waals surface area (Å²) < 4.78 is 42.1. The van der Waals surface area contributed by atoms with E-state index in [1.807, 2.05) is 6.07 Å². The second kappa shape index (κ2) is 8.73. The zero-order valence-corrected chi connectivity index (χ0v) is 18.5. The Morgan fingerprint density at radius 2 is 1.91 bits per heavy atom. The zero-order valence-electron chi connectivity index (χ0n) is 16.9. The first-order valence-electron chi connectivity index (χ1n) is 9.93. The van der Waals surface area contributed by atoms with Gasteiger partial charge in [0.25, 0.3) is 10.0 Å². The molecule has 1 aliphatic rings. The van der Waals surface area contributed by atoms with Crippen LogP contribution in [-0.4, -0.2) is 20.7 Å². The Labute approximate surface area is 190 Å². The summed E-state index contributed by atoms with van der Waals surface area (Å²) in [5.74, 6) is -1.18. The van der Waals surface area contributed by atoms with E-state index >= 15 is 0 Å². The summed E-state index contributed by atoms with van der Waals surface area (Å²) in [6.45, 7) is 0.280. The van der Waals surface area contributed by atoms with Gasteiger partial charge >= 0.3 is 0 Å². The second-order valence-electron chi connectivity index (χ2n) is 7.48. The van der Waals surface area contributed by atoms with E-state index in [0.29, 0.717) is 24.1 Å². The van der Waals surface area contributed by atoms with Crippen LogP contribution in [0.15, 0.2) is 65.6 Å². The lowest BCUT2D eigenvalue weighted by Crippen LogP contribution is -2.35. The highest BCUT2D eigenvalue weighted by molar-refractivity contribution is 7.92. The number of hydrogen-bond acceptors (Lipinski definition) is 4. The molecule has 1 heterocycles. The van der Waals surface area contributed by atoms with Crippen LogP contribution in [0.3, 0.4) is 0 Å². The molecule has 4 rings (SSSR count). The number of carbonyl (C=O) groups is 1. The Hall–Kier alpha value is -3.21. The van der Waals surface area contributed by atoms with E-state index in [-0.39, 0.29) is 34.0 Å². The summed E-state index contributed by atoms with van der Waals surface area (Å²) in [6.07, 6.45) is 1.23. The maximum absolute atomic E-state index is 14.1. The summed E-state index contributed by atoms with van der Waals surface area (Å²) in [4.78, 5) is 12.7. The third-order valence-electron chi connectivity index (χ3n) is 5.38. The monoisotopic (exact) mass is 468 g/mol. The van der Waals surface area contributed by atoms with Gasteiger partial charge in [-0.3, -0.25) is 9.10 Å². The number of rotatable bonds is 5. The first kappa shape index (κ1) is 22.0. The highest BCUT2D eigenvalue weighted by Gasteiger charge is 2.30. The molecule has 0 bridgehead atoms. The van der Waals surface area contributed by atoms with Gasteiger partial charge in [-0.1, -0.05) is 35.9 Å². The van der Waals surface area contributed by atoms with E-state index in [2.05, 4.69) is 0 Å². The van der Waals surface area contributed by atoms with Crippen LogP contribution < -0.4 is 4.31 Å². The fraction of sp³-hybridized carbons (Fsp3) is 0.167.